The van der Waals surface area contributed by atoms with E-state index in [1.54, 1.807) is 0 Å². The van der Waals surface area contributed by atoms with E-state index in [9.17, 15) is 4.79 Å². The molecule has 0 aliphatic rings. The topological polar surface area (TPSA) is 17.1 Å². The number of halogens is 2. The number of alkyl halides is 1. The molecule has 0 bridgehead atoms. The zero-order valence-corrected chi connectivity index (χ0v) is 12.1. The van der Waals surface area contributed by atoms with Crippen LogP contribution in [0.1, 0.15) is 42.5 Å². The van der Waals surface area contributed by atoms with Crippen LogP contribution in [0.2, 0.25) is 0 Å². The van der Waals surface area contributed by atoms with Crippen molar-refractivity contribution in [1.29, 1.82) is 0 Å². The van der Waals surface area contributed by atoms with Gasteiger partial charge in [0.25, 0.3) is 0 Å². The Kier molecular flexibility index (Phi) is 7.05. The highest BCUT2D eigenvalue weighted by molar-refractivity contribution is 14.1. The van der Waals surface area contributed by atoms with Crippen molar-refractivity contribution in [2.45, 2.75) is 32.1 Å². The first-order valence-electron chi connectivity index (χ1n) is 5.59. The average Bonchev–Trinajstić information content (AvgIpc) is 2.28. The van der Waals surface area contributed by atoms with Gasteiger partial charge in [-0.3, -0.25) is 4.79 Å². The highest BCUT2D eigenvalue weighted by atomic mass is 127. The molecule has 1 aromatic carbocycles. The van der Waals surface area contributed by atoms with Gasteiger partial charge >= 0.3 is 0 Å². The number of unbranched alkanes of at least 4 members (excludes halogenated alkanes) is 3. The number of benzene rings is 1. The van der Waals surface area contributed by atoms with Crippen molar-refractivity contribution >= 4 is 40.0 Å². The van der Waals surface area contributed by atoms with E-state index < -0.39 is 0 Å². The van der Waals surface area contributed by atoms with Crippen molar-refractivity contribution in [1.82, 2.24) is 0 Å². The number of rotatable bonds is 7. The van der Waals surface area contributed by atoms with Crippen molar-refractivity contribution in [2.75, 3.05) is 5.88 Å². The maximum Gasteiger partial charge on any atom is 0.162 e. The molecule has 1 aromatic rings. The molecular weight excluding hydrogens is 334 g/mol. The van der Waals surface area contributed by atoms with Gasteiger partial charge in [-0.2, -0.15) is 0 Å². The van der Waals surface area contributed by atoms with Crippen LogP contribution >= 0.6 is 34.2 Å². The molecule has 0 aliphatic carbocycles. The summed E-state index contributed by atoms with van der Waals surface area (Å²) >= 11 is 7.82. The Labute approximate surface area is 116 Å². The van der Waals surface area contributed by atoms with E-state index in [1.807, 2.05) is 24.3 Å². The third kappa shape index (κ3) is 5.30. The predicted octanol–water partition coefficient (Wildman–Crippen LogP) is 4.66. The summed E-state index contributed by atoms with van der Waals surface area (Å²) in [6, 6.07) is 7.77. The number of hydrogen-bond acceptors (Lipinski definition) is 1. The van der Waals surface area contributed by atoms with E-state index in [2.05, 4.69) is 22.6 Å². The Bertz CT molecular complexity index is 338. The summed E-state index contributed by atoms with van der Waals surface area (Å²) in [5.41, 5.74) is 0.837. The molecule has 0 aromatic heterocycles. The minimum absolute atomic E-state index is 0.254. The molecular formula is C13H16ClIO. The Hall–Kier alpha value is -0.0900. The molecule has 0 radical (unpaired) electrons. The summed E-state index contributed by atoms with van der Waals surface area (Å²) in [5, 5.41) is 0. The van der Waals surface area contributed by atoms with Crippen molar-refractivity contribution in [3.8, 4) is 0 Å². The Morgan fingerprint density at radius 1 is 1.19 bits per heavy atom. The summed E-state index contributed by atoms with van der Waals surface area (Å²) in [4.78, 5) is 11.8. The summed E-state index contributed by atoms with van der Waals surface area (Å²) in [5.74, 6) is 0.981. The van der Waals surface area contributed by atoms with Crippen LogP contribution in [0.25, 0.3) is 0 Å². The highest BCUT2D eigenvalue weighted by Crippen LogP contribution is 2.12. The zero-order valence-electron chi connectivity index (χ0n) is 9.22. The van der Waals surface area contributed by atoms with Gasteiger partial charge in [-0.05, 0) is 47.6 Å². The first-order chi connectivity index (χ1) is 7.74. The Morgan fingerprint density at radius 3 is 2.62 bits per heavy atom. The molecule has 0 unspecified atom stereocenters. The Balaban J connectivity index is 2.30. The summed E-state index contributed by atoms with van der Waals surface area (Å²) in [6.07, 6.45) is 4.91. The molecule has 0 spiro atoms. The maximum absolute atomic E-state index is 11.8. The number of carbonyl (C=O) groups excluding carboxylic acids is 1. The first kappa shape index (κ1) is 14.0. The largest absolute Gasteiger partial charge is 0.294 e. The zero-order chi connectivity index (χ0) is 11.8. The van der Waals surface area contributed by atoms with Crippen LogP contribution in [0.3, 0.4) is 0 Å². The average molecular weight is 351 g/mol. The van der Waals surface area contributed by atoms with Gasteiger partial charge in [-0.15, -0.1) is 11.6 Å². The van der Waals surface area contributed by atoms with Gasteiger partial charge in [0.1, 0.15) is 0 Å². The number of ketones is 1. The van der Waals surface area contributed by atoms with Crippen LogP contribution in [0.15, 0.2) is 24.3 Å². The normalized spacial score (nSPS) is 10.4. The van der Waals surface area contributed by atoms with Crippen molar-refractivity contribution in [3.05, 3.63) is 33.4 Å². The molecule has 0 heterocycles. The second-order valence-corrected chi connectivity index (χ2v) is 5.41. The SMILES string of the molecule is O=C(CCCCCCCl)c1cccc(I)c1. The van der Waals surface area contributed by atoms with E-state index in [1.165, 1.54) is 0 Å². The standard InChI is InChI=1S/C13H16ClIO/c14-9-4-2-1-3-8-13(16)11-6-5-7-12(15)10-11/h5-7,10H,1-4,8-9H2. The van der Waals surface area contributed by atoms with Crippen LogP contribution in [0, 0.1) is 3.57 Å². The van der Waals surface area contributed by atoms with Crippen LogP contribution in [-0.4, -0.2) is 11.7 Å². The van der Waals surface area contributed by atoms with E-state index in [4.69, 9.17) is 11.6 Å². The van der Waals surface area contributed by atoms with Crippen molar-refractivity contribution in [3.63, 3.8) is 0 Å². The quantitative estimate of drug-likeness (QED) is 0.302. The molecule has 0 saturated carbocycles. The highest BCUT2D eigenvalue weighted by Gasteiger charge is 2.05. The smallest absolute Gasteiger partial charge is 0.162 e. The minimum atomic E-state index is 0.254. The van der Waals surface area contributed by atoms with Crippen molar-refractivity contribution in [2.24, 2.45) is 0 Å². The first-order valence-corrected chi connectivity index (χ1v) is 7.20. The third-order valence-electron chi connectivity index (χ3n) is 2.43. The van der Waals surface area contributed by atoms with Gasteiger partial charge in [0.15, 0.2) is 5.78 Å². The molecule has 0 saturated heterocycles. The molecule has 0 fully saturated rings. The fourth-order valence-electron chi connectivity index (χ4n) is 1.54. The van der Waals surface area contributed by atoms with Crippen LogP contribution in [-0.2, 0) is 0 Å². The van der Waals surface area contributed by atoms with Gasteiger partial charge in [0.05, 0.1) is 0 Å². The van der Waals surface area contributed by atoms with Crippen LogP contribution < -0.4 is 0 Å². The summed E-state index contributed by atoms with van der Waals surface area (Å²) in [7, 11) is 0. The van der Waals surface area contributed by atoms with Gasteiger partial charge in [0, 0.05) is 21.4 Å². The monoisotopic (exact) mass is 350 g/mol. The number of Topliss-reactive ketones (excluding diaryl/α,β-unsaturated/α-hetero) is 1. The van der Waals surface area contributed by atoms with Gasteiger partial charge in [-0.1, -0.05) is 25.0 Å². The lowest BCUT2D eigenvalue weighted by molar-refractivity contribution is 0.0979. The number of hydrogen-bond donors (Lipinski definition) is 0. The fourth-order valence-corrected chi connectivity index (χ4v) is 2.27. The number of carbonyl (C=O) groups is 1. The molecule has 0 N–H and O–H groups in total. The van der Waals surface area contributed by atoms with Crippen LogP contribution in [0.5, 0.6) is 0 Å². The van der Waals surface area contributed by atoms with E-state index in [0.29, 0.717) is 6.42 Å². The molecule has 3 heteroatoms. The fraction of sp³-hybridized carbons (Fsp3) is 0.462. The Morgan fingerprint density at radius 2 is 1.94 bits per heavy atom. The third-order valence-corrected chi connectivity index (χ3v) is 3.37. The molecule has 1 rings (SSSR count). The molecule has 16 heavy (non-hydrogen) atoms. The van der Waals surface area contributed by atoms with Crippen molar-refractivity contribution < 1.29 is 4.79 Å². The van der Waals surface area contributed by atoms with Gasteiger partial charge in [-0.25, -0.2) is 0 Å². The predicted molar refractivity (Wildman–Crippen MR) is 77.3 cm³/mol. The van der Waals surface area contributed by atoms with Crippen LogP contribution in [0.4, 0.5) is 0 Å². The maximum atomic E-state index is 11.8. The molecule has 88 valence electrons. The van der Waals surface area contributed by atoms with Gasteiger partial charge < -0.3 is 0 Å². The van der Waals surface area contributed by atoms with E-state index in [-0.39, 0.29) is 5.78 Å². The molecule has 0 aliphatic heterocycles. The lowest BCUT2D eigenvalue weighted by atomic mass is 10.0. The molecule has 0 amide bonds. The molecule has 0 atom stereocenters. The lowest BCUT2D eigenvalue weighted by Gasteiger charge is -2.01. The minimum Gasteiger partial charge on any atom is -0.294 e. The van der Waals surface area contributed by atoms with E-state index in [0.717, 1.165) is 40.7 Å². The lowest BCUT2D eigenvalue weighted by Crippen LogP contribution is -1.99. The summed E-state index contributed by atoms with van der Waals surface area (Å²) < 4.78 is 1.12. The summed E-state index contributed by atoms with van der Waals surface area (Å²) in [6.45, 7) is 0. The van der Waals surface area contributed by atoms with E-state index >= 15 is 0 Å². The second kappa shape index (κ2) is 8.07. The van der Waals surface area contributed by atoms with Gasteiger partial charge in [0.2, 0.25) is 0 Å². The molecule has 1 nitrogen and oxygen atoms in total. The second-order valence-electron chi connectivity index (χ2n) is 3.79.